The molecule has 0 aliphatic heterocycles. The molecule has 2 aliphatic carbocycles. The third-order valence-electron chi connectivity index (χ3n) is 10.1. The molecule has 2 nitrogen and oxygen atoms in total. The predicted molar refractivity (Wildman–Crippen MR) is 233 cm³/mol. The van der Waals surface area contributed by atoms with Gasteiger partial charge in [-0.1, -0.05) is 153 Å². The Hall–Kier alpha value is -6.12. The predicted octanol–water partition coefficient (Wildman–Crippen LogP) is 13.5. The van der Waals surface area contributed by atoms with Crippen LogP contribution in [-0.4, -0.2) is 6.04 Å². The number of hydrogen-bond acceptors (Lipinski definition) is 2. The first kappa shape index (κ1) is 36.7. The van der Waals surface area contributed by atoms with Crippen LogP contribution in [0.25, 0.3) is 22.0 Å². The van der Waals surface area contributed by atoms with Crippen molar-refractivity contribution in [3.8, 4) is 0 Å². The van der Waals surface area contributed by atoms with E-state index in [0.29, 0.717) is 5.92 Å². The number of benzene rings is 4. The number of hydrogen-bond donors (Lipinski definition) is 0. The minimum Gasteiger partial charge on any atom is -0.334 e. The molecule has 0 radical (unpaired) electrons. The fourth-order valence-corrected chi connectivity index (χ4v) is 7.29. The second-order valence-electron chi connectivity index (χ2n) is 13.4. The second kappa shape index (κ2) is 17.4. The van der Waals surface area contributed by atoms with Crippen molar-refractivity contribution >= 4 is 33.4 Å². The molecule has 0 saturated heterocycles. The molecule has 264 valence electrons. The molecule has 0 bridgehead atoms. The van der Waals surface area contributed by atoms with Gasteiger partial charge in [0.2, 0.25) is 0 Å². The monoisotopic (exact) mass is 690 g/mol. The van der Waals surface area contributed by atoms with E-state index in [1.165, 1.54) is 27.6 Å². The van der Waals surface area contributed by atoms with Gasteiger partial charge in [0.25, 0.3) is 0 Å². The summed E-state index contributed by atoms with van der Waals surface area (Å²) in [6.45, 7) is 20.6. The molecule has 4 aromatic carbocycles. The standard InChI is InChI=1S/C51H50N2/c1-7-17-43-18-12-14-21-48(43)50(11-5)53(46-34-27-40(9-3)28-35-46)47-36-30-42(31-37-47)41(10-4)29-24-38(6)52(45-32-25-39(8-2)26-33-45)51-23-16-20-44-19-13-15-22-49(44)51/h7-16,18-25,27-34,36-37,39,46H,1-4,17,26,35H2,5-6H3/b38-24+,41-29+,50-11+. The van der Waals surface area contributed by atoms with E-state index in [0.717, 1.165) is 58.7 Å². The normalized spacial score (nSPS) is 17.5. The van der Waals surface area contributed by atoms with Gasteiger partial charge in [-0.05, 0) is 97.0 Å². The van der Waals surface area contributed by atoms with Crippen molar-refractivity contribution in [2.45, 2.75) is 39.2 Å². The smallest absolute Gasteiger partial charge is 0.0560 e. The number of nitrogens with zero attached hydrogens (tertiary/aromatic N) is 2. The summed E-state index contributed by atoms with van der Waals surface area (Å²) in [6.07, 6.45) is 30.6. The molecule has 0 fully saturated rings. The van der Waals surface area contributed by atoms with Crippen LogP contribution < -0.4 is 9.80 Å². The Morgan fingerprint density at radius 1 is 0.792 bits per heavy atom. The van der Waals surface area contributed by atoms with Gasteiger partial charge < -0.3 is 9.80 Å². The Morgan fingerprint density at radius 2 is 1.57 bits per heavy atom. The third kappa shape index (κ3) is 8.19. The van der Waals surface area contributed by atoms with E-state index >= 15 is 0 Å². The zero-order valence-corrected chi connectivity index (χ0v) is 31.2. The van der Waals surface area contributed by atoms with Crippen molar-refractivity contribution in [1.29, 1.82) is 0 Å². The number of anilines is 2. The van der Waals surface area contributed by atoms with Crippen molar-refractivity contribution in [3.63, 3.8) is 0 Å². The summed E-state index contributed by atoms with van der Waals surface area (Å²) in [5, 5.41) is 2.43. The van der Waals surface area contributed by atoms with E-state index in [-0.39, 0.29) is 6.04 Å². The van der Waals surface area contributed by atoms with Crippen LogP contribution in [0.5, 0.6) is 0 Å². The SMILES string of the molecule is C=CCc1ccccc1/C(=C\C)N(c1ccc(/C(C=C)=C/C=C(\C)N(C2=CCC(C=C)C=C2)c2cccc3ccccc23)cc1)C1C=CC(C=C)=CC1. The highest BCUT2D eigenvalue weighted by Crippen LogP contribution is 2.37. The molecule has 4 aromatic rings. The van der Waals surface area contributed by atoms with Gasteiger partial charge in [-0.25, -0.2) is 0 Å². The molecular formula is C51H50N2. The maximum absolute atomic E-state index is 4.23. The molecule has 0 amide bonds. The third-order valence-corrected chi connectivity index (χ3v) is 10.1. The van der Waals surface area contributed by atoms with Gasteiger partial charge in [0.1, 0.15) is 0 Å². The highest BCUT2D eigenvalue weighted by atomic mass is 15.2. The summed E-state index contributed by atoms with van der Waals surface area (Å²) in [7, 11) is 0. The van der Waals surface area contributed by atoms with Crippen LogP contribution in [0.3, 0.4) is 0 Å². The maximum Gasteiger partial charge on any atom is 0.0560 e. The van der Waals surface area contributed by atoms with Crippen LogP contribution in [0.2, 0.25) is 0 Å². The Bertz CT molecular complexity index is 2210. The van der Waals surface area contributed by atoms with Crippen LogP contribution in [0.4, 0.5) is 11.4 Å². The van der Waals surface area contributed by atoms with Crippen LogP contribution >= 0.6 is 0 Å². The number of fused-ring (bicyclic) bond motifs is 1. The van der Waals surface area contributed by atoms with E-state index in [1.807, 2.05) is 24.3 Å². The van der Waals surface area contributed by atoms with Gasteiger partial charge >= 0.3 is 0 Å². The largest absolute Gasteiger partial charge is 0.334 e. The first-order valence-electron chi connectivity index (χ1n) is 18.5. The molecular weight excluding hydrogens is 641 g/mol. The quantitative estimate of drug-likeness (QED) is 0.0960. The average Bonchev–Trinajstić information content (AvgIpc) is 3.21. The first-order chi connectivity index (χ1) is 26.0. The van der Waals surface area contributed by atoms with E-state index in [9.17, 15) is 0 Å². The average molecular weight is 691 g/mol. The fourth-order valence-electron chi connectivity index (χ4n) is 7.29. The van der Waals surface area contributed by atoms with Gasteiger partial charge in [0.05, 0.1) is 11.7 Å². The van der Waals surface area contributed by atoms with E-state index in [1.54, 1.807) is 0 Å². The molecule has 0 spiro atoms. The molecule has 53 heavy (non-hydrogen) atoms. The summed E-state index contributed by atoms with van der Waals surface area (Å²) in [4.78, 5) is 4.83. The van der Waals surface area contributed by atoms with Crippen molar-refractivity contribution in [1.82, 2.24) is 0 Å². The lowest BCUT2D eigenvalue weighted by molar-refractivity contribution is 0.784. The number of rotatable bonds is 14. The maximum atomic E-state index is 4.23. The lowest BCUT2D eigenvalue weighted by Crippen LogP contribution is -2.33. The summed E-state index contributed by atoms with van der Waals surface area (Å²) >= 11 is 0. The Morgan fingerprint density at radius 3 is 2.25 bits per heavy atom. The lowest BCUT2D eigenvalue weighted by Gasteiger charge is -2.36. The summed E-state index contributed by atoms with van der Waals surface area (Å²) in [5.74, 6) is 0.351. The number of allylic oxidation sites excluding steroid dienone is 14. The van der Waals surface area contributed by atoms with Crippen molar-refractivity contribution < 1.29 is 0 Å². The summed E-state index contributed by atoms with van der Waals surface area (Å²) < 4.78 is 0. The first-order valence-corrected chi connectivity index (χ1v) is 18.5. The Labute approximate surface area is 317 Å². The van der Waals surface area contributed by atoms with Gasteiger partial charge in [-0.3, -0.25) is 0 Å². The van der Waals surface area contributed by atoms with Gasteiger partial charge in [-0.2, -0.15) is 0 Å². The highest BCUT2D eigenvalue weighted by molar-refractivity contribution is 5.96. The molecule has 6 rings (SSSR count). The molecule has 2 heteroatoms. The zero-order valence-electron chi connectivity index (χ0n) is 31.2. The lowest BCUT2D eigenvalue weighted by atomic mass is 9.95. The van der Waals surface area contributed by atoms with Crippen molar-refractivity contribution in [2.75, 3.05) is 9.80 Å². The van der Waals surface area contributed by atoms with Crippen LogP contribution in [0.15, 0.2) is 213 Å². The van der Waals surface area contributed by atoms with Gasteiger partial charge in [-0.15, -0.1) is 13.2 Å². The minimum atomic E-state index is 0.150. The van der Waals surface area contributed by atoms with Gasteiger partial charge in [0, 0.05) is 33.7 Å². The molecule has 2 atom stereocenters. The topological polar surface area (TPSA) is 6.48 Å². The van der Waals surface area contributed by atoms with Crippen LogP contribution in [0, 0.1) is 5.92 Å². The van der Waals surface area contributed by atoms with Gasteiger partial charge in [0.15, 0.2) is 0 Å². The van der Waals surface area contributed by atoms with E-state index < -0.39 is 0 Å². The van der Waals surface area contributed by atoms with Crippen molar-refractivity contribution in [2.24, 2.45) is 5.92 Å². The highest BCUT2D eigenvalue weighted by Gasteiger charge is 2.24. The molecule has 0 saturated carbocycles. The Kier molecular flexibility index (Phi) is 12.0. The van der Waals surface area contributed by atoms with Crippen LogP contribution in [0.1, 0.15) is 43.4 Å². The van der Waals surface area contributed by atoms with Crippen molar-refractivity contribution in [3.05, 3.63) is 230 Å². The minimum absolute atomic E-state index is 0.150. The van der Waals surface area contributed by atoms with Crippen LogP contribution in [-0.2, 0) is 6.42 Å². The molecule has 0 aromatic heterocycles. The van der Waals surface area contributed by atoms with E-state index in [2.05, 4.69) is 196 Å². The fraction of sp³-hybridized carbons (Fsp3) is 0.137. The zero-order chi connectivity index (χ0) is 37.2. The summed E-state index contributed by atoms with van der Waals surface area (Å²) in [6, 6.07) is 32.8. The molecule has 0 heterocycles. The molecule has 2 unspecified atom stereocenters. The molecule has 2 aliphatic rings. The van der Waals surface area contributed by atoms with E-state index in [4.69, 9.17) is 0 Å². The second-order valence-corrected chi connectivity index (χ2v) is 13.4. The Balaban J connectivity index is 1.36. The summed E-state index contributed by atoms with van der Waals surface area (Å²) in [5.41, 5.74) is 11.5. The molecule has 0 N–H and O–H groups in total.